The quantitative estimate of drug-likeness (QED) is 0.366. The second kappa shape index (κ2) is 5.96. The summed E-state index contributed by atoms with van der Waals surface area (Å²) in [6.07, 6.45) is -0.191. The number of benzene rings is 1. The summed E-state index contributed by atoms with van der Waals surface area (Å²) in [5, 5.41) is 12.2. The molecule has 120 valence electrons. The molecule has 0 bridgehead atoms. The van der Waals surface area contributed by atoms with Crippen LogP contribution in [-0.2, 0) is 25.5 Å². The topological polar surface area (TPSA) is 63.0 Å². The zero-order valence-electron chi connectivity index (χ0n) is 13.0. The number of hydroxylamine groups is 1. The first kappa shape index (κ1) is 15.4. The summed E-state index contributed by atoms with van der Waals surface area (Å²) in [7, 11) is 1.55. The zero-order valence-corrected chi connectivity index (χ0v) is 13.0. The van der Waals surface area contributed by atoms with Gasteiger partial charge in [-0.3, -0.25) is 0 Å². The molecule has 4 atom stereocenters. The van der Waals surface area contributed by atoms with Crippen molar-refractivity contribution in [3.05, 3.63) is 41.1 Å². The molecule has 1 aromatic rings. The largest absolute Gasteiger partial charge is 0.624 e. The molecule has 2 aliphatic heterocycles. The van der Waals surface area contributed by atoms with Crippen LogP contribution in [-0.4, -0.2) is 48.5 Å². The van der Waals surface area contributed by atoms with Gasteiger partial charge >= 0.3 is 0 Å². The molecule has 6 nitrogen and oxygen atoms in total. The Morgan fingerprint density at radius 2 is 1.91 bits per heavy atom. The van der Waals surface area contributed by atoms with Crippen LogP contribution in [0.2, 0.25) is 0 Å². The van der Waals surface area contributed by atoms with Crippen molar-refractivity contribution < 1.29 is 23.7 Å². The predicted molar refractivity (Wildman–Crippen MR) is 79.3 cm³/mol. The van der Waals surface area contributed by atoms with Gasteiger partial charge in [0, 0.05) is 12.7 Å². The van der Waals surface area contributed by atoms with Crippen molar-refractivity contribution in [2.24, 2.45) is 0 Å². The smallest absolute Gasteiger partial charge is 0.187 e. The number of rotatable bonds is 4. The minimum Gasteiger partial charge on any atom is -0.624 e. The lowest BCUT2D eigenvalue weighted by molar-refractivity contribution is -0.473. The molecule has 2 fully saturated rings. The number of fused-ring (bicyclic) bond motifs is 1. The number of nitrogens with zero attached hydrogens (tertiary/aromatic N) is 1. The molecule has 0 N–H and O–H groups in total. The van der Waals surface area contributed by atoms with Crippen molar-refractivity contribution in [1.29, 1.82) is 0 Å². The van der Waals surface area contributed by atoms with Crippen molar-refractivity contribution in [2.75, 3.05) is 7.11 Å². The summed E-state index contributed by atoms with van der Waals surface area (Å²) >= 11 is 0. The molecule has 2 aliphatic rings. The van der Waals surface area contributed by atoms with E-state index in [4.69, 9.17) is 18.9 Å². The van der Waals surface area contributed by atoms with Gasteiger partial charge in [0.1, 0.15) is 12.2 Å². The van der Waals surface area contributed by atoms with Crippen molar-refractivity contribution >= 4 is 6.21 Å². The Kier molecular flexibility index (Phi) is 4.18. The Morgan fingerprint density at radius 1 is 1.23 bits per heavy atom. The van der Waals surface area contributed by atoms with Gasteiger partial charge in [-0.2, -0.15) is 0 Å². The SMILES string of the molecule is CO[C@@H]1O[C@H](/C=[N+](\[O-])Cc2ccccc2)[C@H]2OC(C)(C)O[C@@H]12. The van der Waals surface area contributed by atoms with Crippen LogP contribution in [0.15, 0.2) is 30.3 Å². The van der Waals surface area contributed by atoms with Crippen LogP contribution in [0.4, 0.5) is 0 Å². The normalized spacial score (nSPS) is 33.9. The van der Waals surface area contributed by atoms with E-state index in [1.165, 1.54) is 6.21 Å². The van der Waals surface area contributed by atoms with Gasteiger partial charge in [-0.05, 0) is 13.8 Å². The molecule has 0 amide bonds. The monoisotopic (exact) mass is 307 g/mol. The molecule has 0 unspecified atom stereocenters. The molecule has 3 rings (SSSR count). The van der Waals surface area contributed by atoms with Crippen LogP contribution in [0, 0.1) is 5.21 Å². The Hall–Kier alpha value is -1.47. The highest BCUT2D eigenvalue weighted by Crippen LogP contribution is 2.38. The van der Waals surface area contributed by atoms with E-state index in [2.05, 4.69) is 0 Å². The van der Waals surface area contributed by atoms with Crippen LogP contribution in [0.25, 0.3) is 0 Å². The van der Waals surface area contributed by atoms with Gasteiger partial charge in [-0.25, -0.2) is 4.74 Å². The molecule has 6 heteroatoms. The molecule has 0 aromatic heterocycles. The summed E-state index contributed by atoms with van der Waals surface area (Å²) in [6, 6.07) is 9.55. The fraction of sp³-hybridized carbons (Fsp3) is 0.562. The molecule has 0 aliphatic carbocycles. The number of hydrogen-bond donors (Lipinski definition) is 0. The van der Waals surface area contributed by atoms with Crippen LogP contribution in [0.1, 0.15) is 19.4 Å². The summed E-state index contributed by atoms with van der Waals surface area (Å²) < 4.78 is 23.5. The maximum Gasteiger partial charge on any atom is 0.187 e. The molecule has 22 heavy (non-hydrogen) atoms. The number of methoxy groups -OCH3 is 1. The Balaban J connectivity index is 1.72. The molecule has 2 heterocycles. The van der Waals surface area contributed by atoms with E-state index in [9.17, 15) is 5.21 Å². The number of hydrogen-bond acceptors (Lipinski definition) is 5. The first-order chi connectivity index (χ1) is 10.5. The first-order valence-electron chi connectivity index (χ1n) is 7.35. The second-order valence-corrected chi connectivity index (χ2v) is 5.98. The van der Waals surface area contributed by atoms with Gasteiger partial charge in [-0.1, -0.05) is 30.3 Å². The van der Waals surface area contributed by atoms with Gasteiger partial charge in [0.2, 0.25) is 0 Å². The minimum atomic E-state index is -0.699. The van der Waals surface area contributed by atoms with E-state index in [1.807, 2.05) is 44.2 Å². The highest BCUT2D eigenvalue weighted by atomic mass is 16.8. The Bertz CT molecular complexity index is 545. The molecule has 2 saturated heterocycles. The standard InChI is InChI=1S/C16H21NO5/c1-16(2)21-13-12(20-15(19-3)14(13)22-16)10-17(18)9-11-7-5-4-6-8-11/h4-8,10,12-15H,9H2,1-3H3/b17-10-/t12-,13-,14-,15-/m1/s1. The summed E-state index contributed by atoms with van der Waals surface area (Å²) in [5.74, 6) is -0.699. The first-order valence-corrected chi connectivity index (χ1v) is 7.35. The highest BCUT2D eigenvalue weighted by molar-refractivity contribution is 5.60. The van der Waals surface area contributed by atoms with E-state index < -0.39 is 18.2 Å². The van der Waals surface area contributed by atoms with E-state index in [1.54, 1.807) is 7.11 Å². The van der Waals surface area contributed by atoms with E-state index >= 15 is 0 Å². The third kappa shape index (κ3) is 3.15. The maximum atomic E-state index is 12.2. The van der Waals surface area contributed by atoms with E-state index in [0.29, 0.717) is 0 Å². The van der Waals surface area contributed by atoms with Crippen LogP contribution >= 0.6 is 0 Å². The highest BCUT2D eigenvalue weighted by Gasteiger charge is 2.56. The second-order valence-electron chi connectivity index (χ2n) is 5.98. The maximum absolute atomic E-state index is 12.2. The van der Waals surface area contributed by atoms with Crippen LogP contribution < -0.4 is 0 Å². The molecule has 0 radical (unpaired) electrons. The van der Waals surface area contributed by atoms with E-state index in [-0.39, 0.29) is 18.8 Å². The Labute approximate surface area is 129 Å². The lowest BCUT2D eigenvalue weighted by Crippen LogP contribution is -2.32. The molecule has 1 aromatic carbocycles. The van der Waals surface area contributed by atoms with Crippen molar-refractivity contribution in [3.8, 4) is 0 Å². The fourth-order valence-electron chi connectivity index (χ4n) is 2.88. The molecular weight excluding hydrogens is 286 g/mol. The average molecular weight is 307 g/mol. The summed E-state index contributed by atoms with van der Waals surface area (Å²) in [6.45, 7) is 3.95. The Morgan fingerprint density at radius 3 is 2.59 bits per heavy atom. The third-order valence-corrected chi connectivity index (χ3v) is 3.77. The minimum absolute atomic E-state index is 0.264. The van der Waals surface area contributed by atoms with Crippen molar-refractivity contribution in [3.63, 3.8) is 0 Å². The zero-order chi connectivity index (χ0) is 15.7. The number of ether oxygens (including phenoxy) is 4. The van der Waals surface area contributed by atoms with Gasteiger partial charge in [-0.15, -0.1) is 0 Å². The van der Waals surface area contributed by atoms with Crippen molar-refractivity contribution in [1.82, 2.24) is 0 Å². The average Bonchev–Trinajstić information content (AvgIpc) is 2.94. The molecule has 0 saturated carbocycles. The lowest BCUT2D eigenvalue weighted by atomic mass is 10.1. The summed E-state index contributed by atoms with van der Waals surface area (Å²) in [5.41, 5.74) is 0.940. The van der Waals surface area contributed by atoms with Gasteiger partial charge < -0.3 is 24.2 Å². The van der Waals surface area contributed by atoms with Crippen molar-refractivity contribution in [2.45, 2.75) is 50.8 Å². The third-order valence-electron chi connectivity index (χ3n) is 3.77. The van der Waals surface area contributed by atoms with Crippen LogP contribution in [0.5, 0.6) is 0 Å². The fourth-order valence-corrected chi connectivity index (χ4v) is 2.88. The summed E-state index contributed by atoms with van der Waals surface area (Å²) in [4.78, 5) is 0. The van der Waals surface area contributed by atoms with Gasteiger partial charge in [0.05, 0.1) is 0 Å². The lowest BCUT2D eigenvalue weighted by Gasteiger charge is -2.22. The van der Waals surface area contributed by atoms with Gasteiger partial charge in [0.15, 0.2) is 30.9 Å². The predicted octanol–water partition coefficient (Wildman–Crippen LogP) is 1.66. The van der Waals surface area contributed by atoms with E-state index in [0.717, 1.165) is 10.3 Å². The molecule has 0 spiro atoms. The van der Waals surface area contributed by atoms with Crippen LogP contribution in [0.3, 0.4) is 0 Å². The van der Waals surface area contributed by atoms with Gasteiger partial charge in [0.25, 0.3) is 0 Å². The molecular formula is C16H21NO5.